The fraction of sp³-hybridized carbons (Fsp3) is 0.360. The number of hydrogen-bond donors (Lipinski definition) is 3. The molecule has 1 amide bonds. The molecule has 4 heterocycles. The van der Waals surface area contributed by atoms with Crippen LogP contribution in [0.25, 0.3) is 11.3 Å². The van der Waals surface area contributed by atoms with E-state index in [9.17, 15) is 13.6 Å². The molecule has 1 aromatic carbocycles. The molecule has 0 aliphatic carbocycles. The van der Waals surface area contributed by atoms with Gasteiger partial charge in [0.15, 0.2) is 11.6 Å². The summed E-state index contributed by atoms with van der Waals surface area (Å²) in [7, 11) is 1.37. The number of alkyl halides is 1. The Bertz CT molecular complexity index is 1230. The van der Waals surface area contributed by atoms with Crippen molar-refractivity contribution in [1.29, 1.82) is 0 Å². The highest BCUT2D eigenvalue weighted by Crippen LogP contribution is 2.44. The summed E-state index contributed by atoms with van der Waals surface area (Å²) in [4.78, 5) is 20.6. The minimum atomic E-state index is -0.545. The normalized spacial score (nSPS) is 18.9. The summed E-state index contributed by atoms with van der Waals surface area (Å²) in [6.07, 6.45) is 4.40. The largest absolute Gasteiger partial charge is 0.492 e. The maximum atomic E-state index is 14.4. The van der Waals surface area contributed by atoms with Crippen LogP contribution in [0.1, 0.15) is 34.8 Å². The standard InChI is InChI=1S/C25H26F2N4O4/c1-33-24-17(27)3-2-4-18(24)30-23-20-21(14(5-8-26)11-29-25(20)32)31-22(23)16-6-9-28-12-19(16)35-13-15-7-10-34-15/h2-4,6,9,12,14-15,30-31H,5,7-8,10-11,13H2,1H3,(H,29,32)/t14-,15-/m1/s1. The third-order valence-corrected chi connectivity index (χ3v) is 6.33. The van der Waals surface area contributed by atoms with Crippen LogP contribution in [-0.2, 0) is 4.74 Å². The van der Waals surface area contributed by atoms with Crippen LogP contribution in [0, 0.1) is 5.82 Å². The second-order valence-electron chi connectivity index (χ2n) is 8.46. The highest BCUT2D eigenvalue weighted by atomic mass is 19.1. The number of rotatable bonds is 9. The maximum absolute atomic E-state index is 14.4. The van der Waals surface area contributed by atoms with Gasteiger partial charge in [-0.1, -0.05) is 6.07 Å². The number of carbonyl (C=O) groups is 1. The molecule has 3 N–H and O–H groups in total. The molecular formula is C25H26F2N4O4. The minimum Gasteiger partial charge on any atom is -0.492 e. The monoisotopic (exact) mass is 484 g/mol. The van der Waals surface area contributed by atoms with Crippen LogP contribution in [0.3, 0.4) is 0 Å². The van der Waals surface area contributed by atoms with E-state index in [2.05, 4.69) is 20.6 Å². The van der Waals surface area contributed by atoms with E-state index in [0.29, 0.717) is 59.4 Å². The summed E-state index contributed by atoms with van der Waals surface area (Å²) in [5.74, 6) is -0.589. The Morgan fingerprint density at radius 2 is 2.17 bits per heavy atom. The average Bonchev–Trinajstić information content (AvgIpc) is 3.20. The number of benzene rings is 1. The number of hydrogen-bond acceptors (Lipinski definition) is 6. The van der Waals surface area contributed by atoms with Crippen LogP contribution in [0.5, 0.6) is 11.5 Å². The number of nitrogens with one attached hydrogen (secondary N) is 3. The molecule has 184 valence electrons. The highest BCUT2D eigenvalue weighted by Gasteiger charge is 2.34. The molecule has 0 spiro atoms. The summed E-state index contributed by atoms with van der Waals surface area (Å²) in [5, 5.41) is 6.04. The Kier molecular flexibility index (Phi) is 6.54. The van der Waals surface area contributed by atoms with Gasteiger partial charge in [-0.2, -0.15) is 0 Å². The molecule has 2 aliphatic rings. The van der Waals surface area contributed by atoms with Gasteiger partial charge < -0.3 is 29.8 Å². The lowest BCUT2D eigenvalue weighted by atomic mass is 9.94. The first kappa shape index (κ1) is 23.1. The predicted octanol–water partition coefficient (Wildman–Crippen LogP) is 4.32. The fourth-order valence-electron chi connectivity index (χ4n) is 4.42. The molecule has 1 saturated heterocycles. The SMILES string of the molecule is COc1c(F)cccc1Nc1c(-c2ccncc2OC[C@H]2CCO2)[nH]c2c1C(=O)NC[C@H]2CCF. The molecule has 1 fully saturated rings. The van der Waals surface area contributed by atoms with E-state index in [1.54, 1.807) is 30.6 Å². The molecule has 10 heteroatoms. The van der Waals surface area contributed by atoms with Gasteiger partial charge in [-0.3, -0.25) is 14.2 Å². The van der Waals surface area contributed by atoms with Crippen molar-refractivity contribution in [2.24, 2.45) is 0 Å². The molecule has 2 aliphatic heterocycles. The Morgan fingerprint density at radius 1 is 1.31 bits per heavy atom. The number of fused-ring (bicyclic) bond motifs is 1. The van der Waals surface area contributed by atoms with E-state index in [1.807, 2.05) is 0 Å². The number of carbonyl (C=O) groups excluding carboxylic acids is 1. The number of pyridine rings is 1. The molecule has 2 atom stereocenters. The van der Waals surface area contributed by atoms with E-state index in [-0.39, 0.29) is 30.1 Å². The Morgan fingerprint density at radius 3 is 2.91 bits per heavy atom. The fourth-order valence-corrected chi connectivity index (χ4v) is 4.42. The molecule has 3 aromatic rings. The Balaban J connectivity index is 1.63. The lowest BCUT2D eigenvalue weighted by molar-refractivity contribution is -0.0720. The smallest absolute Gasteiger partial charge is 0.255 e. The van der Waals surface area contributed by atoms with Crippen molar-refractivity contribution in [1.82, 2.24) is 15.3 Å². The second kappa shape index (κ2) is 9.91. The first-order valence-corrected chi connectivity index (χ1v) is 11.5. The molecule has 0 bridgehead atoms. The van der Waals surface area contributed by atoms with Gasteiger partial charge in [-0.05, 0) is 24.6 Å². The predicted molar refractivity (Wildman–Crippen MR) is 126 cm³/mol. The molecule has 35 heavy (non-hydrogen) atoms. The van der Waals surface area contributed by atoms with Gasteiger partial charge in [0.25, 0.3) is 5.91 Å². The first-order chi connectivity index (χ1) is 17.1. The summed E-state index contributed by atoms with van der Waals surface area (Å²) in [6, 6.07) is 6.26. The van der Waals surface area contributed by atoms with E-state index in [0.717, 1.165) is 6.42 Å². The van der Waals surface area contributed by atoms with Crippen molar-refractivity contribution in [3.8, 4) is 22.8 Å². The van der Waals surface area contributed by atoms with Gasteiger partial charge in [0.05, 0.1) is 48.7 Å². The van der Waals surface area contributed by atoms with Crippen LogP contribution < -0.4 is 20.1 Å². The number of H-pyrrole nitrogens is 1. The van der Waals surface area contributed by atoms with E-state index in [4.69, 9.17) is 14.2 Å². The minimum absolute atomic E-state index is 0.0123. The van der Waals surface area contributed by atoms with E-state index < -0.39 is 12.5 Å². The van der Waals surface area contributed by atoms with Gasteiger partial charge in [0.2, 0.25) is 0 Å². The molecular weight excluding hydrogens is 458 g/mol. The quantitative estimate of drug-likeness (QED) is 0.419. The summed E-state index contributed by atoms with van der Waals surface area (Å²) in [6.45, 7) is 0.868. The molecule has 0 radical (unpaired) electrons. The zero-order valence-corrected chi connectivity index (χ0v) is 19.2. The number of aromatic amines is 1. The van der Waals surface area contributed by atoms with Crippen molar-refractivity contribution < 1.29 is 27.8 Å². The average molecular weight is 485 g/mol. The summed E-state index contributed by atoms with van der Waals surface area (Å²) in [5.41, 5.74) is 2.93. The number of methoxy groups -OCH3 is 1. The van der Waals surface area contributed by atoms with Gasteiger partial charge in [0, 0.05) is 42.9 Å². The van der Waals surface area contributed by atoms with E-state index in [1.165, 1.54) is 13.2 Å². The van der Waals surface area contributed by atoms with Crippen molar-refractivity contribution in [2.45, 2.75) is 24.9 Å². The van der Waals surface area contributed by atoms with Crippen molar-refractivity contribution in [3.05, 3.63) is 53.7 Å². The number of aromatic nitrogens is 2. The lowest BCUT2D eigenvalue weighted by Gasteiger charge is -2.26. The van der Waals surface area contributed by atoms with E-state index >= 15 is 0 Å². The Hall–Kier alpha value is -3.66. The zero-order chi connectivity index (χ0) is 24.4. The number of para-hydroxylation sites is 1. The molecule has 0 saturated carbocycles. The highest BCUT2D eigenvalue weighted by molar-refractivity contribution is 6.07. The van der Waals surface area contributed by atoms with Crippen molar-refractivity contribution in [2.75, 3.05) is 38.9 Å². The zero-order valence-electron chi connectivity index (χ0n) is 19.2. The number of ether oxygens (including phenoxy) is 3. The number of nitrogens with zero attached hydrogens (tertiary/aromatic N) is 1. The van der Waals surface area contributed by atoms with Gasteiger partial charge >= 0.3 is 0 Å². The van der Waals surface area contributed by atoms with Crippen LogP contribution >= 0.6 is 0 Å². The molecule has 8 nitrogen and oxygen atoms in total. The molecule has 5 rings (SSSR count). The van der Waals surface area contributed by atoms with Gasteiger partial charge in [-0.25, -0.2) is 4.39 Å². The van der Waals surface area contributed by atoms with Crippen LogP contribution in [-0.4, -0.2) is 55.5 Å². The maximum Gasteiger partial charge on any atom is 0.255 e. The van der Waals surface area contributed by atoms with Gasteiger partial charge in [-0.15, -0.1) is 0 Å². The molecule has 2 aromatic heterocycles. The number of anilines is 2. The first-order valence-electron chi connectivity index (χ1n) is 11.5. The van der Waals surface area contributed by atoms with Crippen LogP contribution in [0.4, 0.5) is 20.2 Å². The van der Waals surface area contributed by atoms with Gasteiger partial charge in [0.1, 0.15) is 12.4 Å². The number of amides is 1. The Labute approximate surface area is 201 Å². The van der Waals surface area contributed by atoms with Crippen LogP contribution in [0.15, 0.2) is 36.7 Å². The van der Waals surface area contributed by atoms with Crippen molar-refractivity contribution >= 4 is 17.3 Å². The summed E-state index contributed by atoms with van der Waals surface area (Å²) < 4.78 is 44.5. The third kappa shape index (κ3) is 4.41. The lowest BCUT2D eigenvalue weighted by Crippen LogP contribution is -2.35. The third-order valence-electron chi connectivity index (χ3n) is 6.33. The summed E-state index contributed by atoms with van der Waals surface area (Å²) >= 11 is 0. The number of halogens is 2. The topological polar surface area (TPSA) is 97.5 Å². The van der Waals surface area contributed by atoms with Crippen LogP contribution in [0.2, 0.25) is 0 Å². The molecule has 0 unspecified atom stereocenters. The van der Waals surface area contributed by atoms with Crippen molar-refractivity contribution in [3.63, 3.8) is 0 Å². The second-order valence-corrected chi connectivity index (χ2v) is 8.46.